The number of halogens is 3. The molecule has 3 rings (SSSR count). The number of benzene rings is 1. The molecule has 32 heavy (non-hydrogen) atoms. The number of hydrogen-bond donors (Lipinski definition) is 0. The Balaban J connectivity index is 1.87. The van der Waals surface area contributed by atoms with Gasteiger partial charge >= 0.3 is 12.3 Å². The van der Waals surface area contributed by atoms with Crippen LogP contribution >= 0.6 is 0 Å². The first-order valence-electron chi connectivity index (χ1n) is 9.72. The summed E-state index contributed by atoms with van der Waals surface area (Å²) >= 11 is 0. The molecule has 0 radical (unpaired) electrons. The Hall–Kier alpha value is -3.58. The second-order valence-corrected chi connectivity index (χ2v) is 6.84. The van der Waals surface area contributed by atoms with E-state index in [4.69, 9.17) is 14.7 Å². The third kappa shape index (κ3) is 5.56. The van der Waals surface area contributed by atoms with Crippen molar-refractivity contribution in [1.29, 1.82) is 5.26 Å². The number of pyridine rings is 1. The second-order valence-electron chi connectivity index (χ2n) is 6.84. The van der Waals surface area contributed by atoms with E-state index >= 15 is 0 Å². The summed E-state index contributed by atoms with van der Waals surface area (Å²) in [5.41, 5.74) is 1.29. The lowest BCUT2D eigenvalue weighted by Crippen LogP contribution is -2.29. The van der Waals surface area contributed by atoms with Crippen LogP contribution < -0.4 is 4.74 Å². The quantitative estimate of drug-likeness (QED) is 0.259. The number of fused-ring (bicyclic) bond motifs is 3. The van der Waals surface area contributed by atoms with Gasteiger partial charge in [0, 0.05) is 24.1 Å². The van der Waals surface area contributed by atoms with Gasteiger partial charge in [-0.25, -0.2) is 4.79 Å². The van der Waals surface area contributed by atoms with Crippen molar-refractivity contribution < 1.29 is 37.0 Å². The fraction of sp³-hybridized carbons (Fsp3) is 0.318. The monoisotopic (exact) mass is 448 g/mol. The predicted octanol–water partition coefficient (Wildman–Crippen LogP) is 4.43. The molecular weight excluding hydrogens is 429 g/mol. The largest absolute Gasteiger partial charge is 0.522 e. The topological polar surface area (TPSA) is 90.0 Å². The van der Waals surface area contributed by atoms with Crippen LogP contribution in [0.2, 0.25) is 0 Å². The Morgan fingerprint density at radius 3 is 2.75 bits per heavy atom. The molecule has 0 N–H and O–H groups in total. The lowest BCUT2D eigenvalue weighted by molar-refractivity contribution is -0.345. The van der Waals surface area contributed by atoms with Gasteiger partial charge in [0.25, 0.3) is 0 Å². The van der Waals surface area contributed by atoms with E-state index in [-0.39, 0.29) is 31.4 Å². The van der Waals surface area contributed by atoms with E-state index in [9.17, 15) is 22.8 Å². The Kier molecular flexibility index (Phi) is 7.33. The van der Waals surface area contributed by atoms with Crippen LogP contribution in [0.1, 0.15) is 29.6 Å². The van der Waals surface area contributed by atoms with Gasteiger partial charge < -0.3 is 18.7 Å². The molecule has 0 saturated heterocycles. The molecule has 2 heterocycles. The van der Waals surface area contributed by atoms with Gasteiger partial charge in [-0.1, -0.05) is 6.07 Å². The molecule has 2 aromatic heterocycles. The lowest BCUT2D eigenvalue weighted by Gasteiger charge is -2.19. The normalized spacial score (nSPS) is 12.4. The van der Waals surface area contributed by atoms with Gasteiger partial charge in [0.2, 0.25) is 0 Å². The summed E-state index contributed by atoms with van der Waals surface area (Å²) < 4.78 is 54.3. The number of rotatable bonds is 10. The zero-order chi connectivity index (χ0) is 23.1. The number of alkyl halides is 3. The van der Waals surface area contributed by atoms with Gasteiger partial charge in [-0.15, -0.1) is 13.2 Å². The van der Waals surface area contributed by atoms with Gasteiger partial charge in [-0.3, -0.25) is 4.74 Å². The fourth-order valence-corrected chi connectivity index (χ4v) is 3.37. The Morgan fingerprint density at radius 1 is 1.22 bits per heavy atom. The average Bonchev–Trinajstić information content (AvgIpc) is 3.09. The van der Waals surface area contributed by atoms with E-state index in [2.05, 4.69) is 4.74 Å². The Bertz CT molecular complexity index is 1150. The van der Waals surface area contributed by atoms with E-state index in [0.717, 1.165) is 0 Å². The minimum absolute atomic E-state index is 0.0800. The third-order valence-electron chi connectivity index (χ3n) is 4.67. The maximum absolute atomic E-state index is 12.9. The van der Waals surface area contributed by atoms with Crippen molar-refractivity contribution in [3.8, 4) is 11.8 Å². The summed E-state index contributed by atoms with van der Waals surface area (Å²) in [6.07, 6.45) is -3.84. The number of unbranched alkanes of at least 4 members (excludes halogenated alkanes) is 1. The van der Waals surface area contributed by atoms with Gasteiger partial charge in [0.1, 0.15) is 30.8 Å². The molecule has 1 aromatic carbocycles. The lowest BCUT2D eigenvalue weighted by atomic mass is 10.1. The molecule has 1 atom stereocenters. The van der Waals surface area contributed by atoms with Crippen LogP contribution in [0.4, 0.5) is 13.2 Å². The molecule has 0 aliphatic heterocycles. The number of ether oxygens (including phenoxy) is 3. The van der Waals surface area contributed by atoms with Crippen molar-refractivity contribution in [2.24, 2.45) is 0 Å². The van der Waals surface area contributed by atoms with E-state index in [0.29, 0.717) is 28.5 Å². The number of hydrogen-bond acceptors (Lipinski definition) is 6. The van der Waals surface area contributed by atoms with Gasteiger partial charge in [0.15, 0.2) is 6.61 Å². The number of esters is 1. The number of carbonyl (C=O) groups excluding carboxylic acids is 2. The number of carbonyl (C=O) groups is 2. The molecule has 168 valence electrons. The summed E-state index contributed by atoms with van der Waals surface area (Å²) in [7, 11) is 0. The van der Waals surface area contributed by atoms with Crippen LogP contribution in [-0.2, 0) is 14.3 Å². The van der Waals surface area contributed by atoms with Crippen molar-refractivity contribution in [2.75, 3.05) is 13.2 Å². The van der Waals surface area contributed by atoms with Crippen molar-refractivity contribution in [1.82, 2.24) is 4.40 Å². The summed E-state index contributed by atoms with van der Waals surface area (Å²) in [5, 5.41) is 9.21. The van der Waals surface area contributed by atoms with Crippen LogP contribution in [0.25, 0.3) is 16.4 Å². The second kappa shape index (κ2) is 10.2. The molecule has 0 spiro atoms. The van der Waals surface area contributed by atoms with Crippen LogP contribution in [0.5, 0.6) is 5.75 Å². The highest BCUT2D eigenvalue weighted by atomic mass is 19.4. The fourth-order valence-electron chi connectivity index (χ4n) is 3.37. The van der Waals surface area contributed by atoms with Crippen molar-refractivity contribution in [3.63, 3.8) is 0 Å². The molecule has 0 amide bonds. The molecule has 0 aliphatic rings. The van der Waals surface area contributed by atoms with E-state index < -0.39 is 25.0 Å². The van der Waals surface area contributed by atoms with Gasteiger partial charge in [-0.05, 0) is 37.1 Å². The molecule has 0 aliphatic carbocycles. The van der Waals surface area contributed by atoms with Crippen LogP contribution in [0, 0.1) is 11.3 Å². The smallest absolute Gasteiger partial charge is 0.479 e. The SMILES string of the molecule is N#CCOc1ccc2c(C(=O)OCC(CCCC=O)OC(F)(F)F)c3ccccn3c2c1. The Labute approximate surface area is 180 Å². The average molecular weight is 448 g/mol. The summed E-state index contributed by atoms with van der Waals surface area (Å²) in [4.78, 5) is 23.3. The minimum atomic E-state index is -4.90. The standard InChI is InChI=1S/C22H19F3N2O5/c23-22(24,25)32-16(5-2-4-11-28)14-31-21(29)20-17-8-7-15(30-12-9-26)13-19(17)27-10-3-1-6-18(20)27/h1,3,6-8,10-11,13,16H,2,4-5,12,14H2. The molecular formula is C22H19F3N2O5. The first-order valence-corrected chi connectivity index (χ1v) is 9.72. The minimum Gasteiger partial charge on any atom is -0.479 e. The molecule has 0 fully saturated rings. The molecule has 0 saturated carbocycles. The molecule has 1 unspecified atom stereocenters. The number of nitriles is 1. The number of nitrogens with zero attached hydrogens (tertiary/aromatic N) is 2. The van der Waals surface area contributed by atoms with E-state index in [1.54, 1.807) is 47.0 Å². The van der Waals surface area contributed by atoms with Gasteiger partial charge in [0.05, 0.1) is 16.6 Å². The predicted molar refractivity (Wildman–Crippen MR) is 107 cm³/mol. The third-order valence-corrected chi connectivity index (χ3v) is 4.67. The molecule has 0 bridgehead atoms. The molecule has 3 aromatic rings. The Morgan fingerprint density at radius 2 is 2.03 bits per heavy atom. The maximum atomic E-state index is 12.9. The summed E-state index contributed by atoms with van der Waals surface area (Å²) in [6, 6.07) is 11.9. The zero-order valence-corrected chi connectivity index (χ0v) is 16.8. The van der Waals surface area contributed by atoms with Crippen molar-refractivity contribution in [2.45, 2.75) is 31.7 Å². The number of aldehydes is 1. The van der Waals surface area contributed by atoms with E-state index in [1.807, 2.05) is 6.07 Å². The highest BCUT2D eigenvalue weighted by Crippen LogP contribution is 2.31. The summed E-state index contributed by atoms with van der Waals surface area (Å²) in [5.74, 6) is -0.378. The van der Waals surface area contributed by atoms with Crippen molar-refractivity contribution in [3.05, 3.63) is 48.2 Å². The number of aromatic nitrogens is 1. The van der Waals surface area contributed by atoms with Crippen LogP contribution in [-0.4, -0.2) is 42.3 Å². The van der Waals surface area contributed by atoms with Crippen LogP contribution in [0.15, 0.2) is 42.6 Å². The molecule has 10 heteroatoms. The van der Waals surface area contributed by atoms with E-state index in [1.165, 1.54) is 0 Å². The summed E-state index contributed by atoms with van der Waals surface area (Å²) in [6.45, 7) is -0.763. The van der Waals surface area contributed by atoms with Crippen LogP contribution in [0.3, 0.4) is 0 Å². The molecule has 7 nitrogen and oxygen atoms in total. The highest BCUT2D eigenvalue weighted by molar-refractivity contribution is 6.11. The highest BCUT2D eigenvalue weighted by Gasteiger charge is 2.34. The first kappa shape index (κ1) is 23.1. The first-order chi connectivity index (χ1) is 15.3. The van der Waals surface area contributed by atoms with Gasteiger partial charge in [-0.2, -0.15) is 5.26 Å². The maximum Gasteiger partial charge on any atom is 0.522 e. The zero-order valence-electron chi connectivity index (χ0n) is 16.8. The van der Waals surface area contributed by atoms with Crippen molar-refractivity contribution >= 4 is 28.7 Å².